The summed E-state index contributed by atoms with van der Waals surface area (Å²) in [4.78, 5) is 31.1. The Morgan fingerprint density at radius 2 is 1.79 bits per heavy atom. The number of methoxy groups -OCH3 is 1. The number of benzene rings is 1. The second kappa shape index (κ2) is 10.3. The molecule has 0 aliphatic heterocycles. The first-order valence-electron chi connectivity index (χ1n) is 11.8. The molecule has 0 radical (unpaired) electrons. The van der Waals surface area contributed by atoms with E-state index in [1.165, 1.54) is 28.8 Å². The summed E-state index contributed by atoms with van der Waals surface area (Å²) in [5.41, 5.74) is 14.5. The van der Waals surface area contributed by atoms with Crippen LogP contribution < -0.4 is 16.4 Å². The second-order valence-corrected chi connectivity index (χ2v) is 8.56. The number of nitrogen functional groups attached to an aromatic ring is 2. The maximum atomic E-state index is 14.4. The van der Waals surface area contributed by atoms with Gasteiger partial charge in [0.2, 0.25) is 0 Å². The fourth-order valence-electron chi connectivity index (χ4n) is 4.24. The normalized spacial score (nSPS) is 11.9. The smallest absolute Gasteiger partial charge is 0.414 e. The summed E-state index contributed by atoms with van der Waals surface area (Å²) in [5.74, 6) is -1.45. The van der Waals surface area contributed by atoms with Gasteiger partial charge in [-0.15, -0.1) is 0 Å². The quantitative estimate of drug-likeness (QED) is 0.332. The van der Waals surface area contributed by atoms with Gasteiger partial charge in [0.15, 0.2) is 11.6 Å². The molecule has 1 unspecified atom stereocenters. The number of hydrogen-bond acceptors (Lipinski definition) is 9. The first-order chi connectivity index (χ1) is 18.8. The number of amides is 1. The van der Waals surface area contributed by atoms with Gasteiger partial charge in [0.25, 0.3) is 5.95 Å². The Hall–Kier alpha value is -5.20. The molecule has 13 heteroatoms. The van der Waals surface area contributed by atoms with E-state index in [9.17, 15) is 13.6 Å². The second-order valence-electron chi connectivity index (χ2n) is 8.56. The zero-order chi connectivity index (χ0) is 27.7. The molecule has 39 heavy (non-hydrogen) atoms. The summed E-state index contributed by atoms with van der Waals surface area (Å²) in [5, 5.41) is 4.50. The highest BCUT2D eigenvalue weighted by Gasteiger charge is 2.31. The third-order valence-corrected chi connectivity index (χ3v) is 6.10. The van der Waals surface area contributed by atoms with Crippen molar-refractivity contribution in [2.45, 2.75) is 19.4 Å². The van der Waals surface area contributed by atoms with E-state index in [-0.39, 0.29) is 35.2 Å². The fourth-order valence-corrected chi connectivity index (χ4v) is 4.24. The number of ether oxygens (including phenoxy) is 1. The van der Waals surface area contributed by atoms with Gasteiger partial charge in [-0.2, -0.15) is 19.7 Å². The summed E-state index contributed by atoms with van der Waals surface area (Å²) in [7, 11) is 1.22. The zero-order valence-electron chi connectivity index (χ0n) is 20.9. The van der Waals surface area contributed by atoms with Crippen LogP contribution in [0, 0.1) is 11.6 Å². The molecule has 0 fully saturated rings. The third kappa shape index (κ3) is 4.77. The van der Waals surface area contributed by atoms with Crippen LogP contribution in [-0.2, 0) is 11.2 Å². The lowest BCUT2D eigenvalue weighted by Crippen LogP contribution is -2.35. The largest absolute Gasteiger partial charge is 0.452 e. The van der Waals surface area contributed by atoms with Crippen molar-refractivity contribution >= 4 is 34.4 Å². The first-order valence-corrected chi connectivity index (χ1v) is 11.8. The molecule has 0 bridgehead atoms. The van der Waals surface area contributed by atoms with E-state index < -0.39 is 23.8 Å². The Morgan fingerprint density at radius 3 is 2.46 bits per heavy atom. The number of nitrogens with two attached hydrogens (primary N) is 2. The number of anilines is 3. The Bertz CT molecular complexity index is 1650. The first kappa shape index (κ1) is 25.4. The molecule has 5 rings (SSSR count). The van der Waals surface area contributed by atoms with Gasteiger partial charge in [-0.1, -0.05) is 24.3 Å². The van der Waals surface area contributed by atoms with Crippen molar-refractivity contribution in [3.8, 4) is 5.95 Å². The summed E-state index contributed by atoms with van der Waals surface area (Å²) >= 11 is 0. The Labute approximate surface area is 221 Å². The van der Waals surface area contributed by atoms with Crippen LogP contribution in [0.15, 0.2) is 60.9 Å². The predicted octanol–water partition coefficient (Wildman–Crippen LogP) is 3.97. The average Bonchev–Trinajstić information content (AvgIpc) is 3.28. The van der Waals surface area contributed by atoms with Crippen molar-refractivity contribution in [2.24, 2.45) is 0 Å². The standard InChI is InChI=1S/C26H23F2N9O2/c1-14(18-9-5-6-10-31-18)36(26(38)39-2)22-23(29)33-25(34-24(22)30)37-20-12-16(27)13-32-21(20)19(35-37)11-15-7-3-4-8-17(15)28/h3-10,12-14H,11H2,1-2H3,(H4,29,30,33,34). The van der Waals surface area contributed by atoms with Gasteiger partial charge in [-0.25, -0.2) is 18.6 Å². The number of pyridine rings is 2. The van der Waals surface area contributed by atoms with Crippen molar-refractivity contribution in [3.63, 3.8) is 0 Å². The molecular formula is C26H23F2N9O2. The summed E-state index contributed by atoms with van der Waals surface area (Å²) in [6.07, 6.45) is 1.95. The predicted molar refractivity (Wildman–Crippen MR) is 140 cm³/mol. The highest BCUT2D eigenvalue weighted by Crippen LogP contribution is 2.35. The number of halogens is 2. The molecule has 5 aromatic rings. The molecule has 1 atom stereocenters. The van der Waals surface area contributed by atoms with Gasteiger partial charge in [0, 0.05) is 18.7 Å². The molecule has 0 saturated carbocycles. The van der Waals surface area contributed by atoms with Crippen LogP contribution in [-0.4, -0.2) is 42.9 Å². The van der Waals surface area contributed by atoms with Crippen molar-refractivity contribution in [1.29, 1.82) is 0 Å². The molecule has 4 aromatic heterocycles. The van der Waals surface area contributed by atoms with E-state index >= 15 is 0 Å². The number of carbonyl (C=O) groups excluding carboxylic acids is 1. The number of rotatable bonds is 6. The number of nitrogens with zero attached hydrogens (tertiary/aromatic N) is 7. The number of carbonyl (C=O) groups is 1. The highest BCUT2D eigenvalue weighted by molar-refractivity contribution is 5.95. The molecule has 0 spiro atoms. The van der Waals surface area contributed by atoms with Gasteiger partial charge >= 0.3 is 6.09 Å². The zero-order valence-corrected chi connectivity index (χ0v) is 20.9. The lowest BCUT2D eigenvalue weighted by Gasteiger charge is -2.28. The molecule has 0 aliphatic rings. The van der Waals surface area contributed by atoms with Crippen molar-refractivity contribution in [1.82, 2.24) is 29.7 Å². The minimum Gasteiger partial charge on any atom is -0.452 e. The van der Waals surface area contributed by atoms with Gasteiger partial charge in [0.1, 0.15) is 22.8 Å². The SMILES string of the molecule is COC(=O)N(c1c(N)nc(-n2nc(Cc3ccccc3F)c3ncc(F)cc32)nc1N)C(C)c1ccccn1. The maximum absolute atomic E-state index is 14.4. The Morgan fingerprint density at radius 1 is 1.08 bits per heavy atom. The van der Waals surface area contributed by atoms with Crippen LogP contribution in [0.25, 0.3) is 17.0 Å². The summed E-state index contributed by atoms with van der Waals surface area (Å²) in [6, 6.07) is 12.0. The van der Waals surface area contributed by atoms with E-state index in [0.717, 1.165) is 6.20 Å². The Balaban J connectivity index is 1.62. The molecular weight excluding hydrogens is 508 g/mol. The van der Waals surface area contributed by atoms with Crippen molar-refractivity contribution in [3.05, 3.63) is 89.5 Å². The minimum atomic E-state index is -0.758. The van der Waals surface area contributed by atoms with Crippen LogP contribution in [0.2, 0.25) is 0 Å². The highest BCUT2D eigenvalue weighted by atomic mass is 19.1. The van der Waals surface area contributed by atoms with Crippen LogP contribution >= 0.6 is 0 Å². The summed E-state index contributed by atoms with van der Waals surface area (Å²) in [6.45, 7) is 1.72. The lowest BCUT2D eigenvalue weighted by molar-refractivity contribution is 0.176. The molecule has 4 heterocycles. The number of aromatic nitrogens is 6. The van der Waals surface area contributed by atoms with Gasteiger partial charge in [-0.05, 0) is 30.7 Å². The van der Waals surface area contributed by atoms with E-state index in [4.69, 9.17) is 16.2 Å². The van der Waals surface area contributed by atoms with E-state index in [0.29, 0.717) is 22.5 Å². The molecule has 1 aromatic carbocycles. The topological polar surface area (TPSA) is 151 Å². The average molecular weight is 532 g/mol. The molecule has 4 N–H and O–H groups in total. The molecule has 11 nitrogen and oxygen atoms in total. The van der Waals surface area contributed by atoms with Crippen LogP contribution in [0.3, 0.4) is 0 Å². The molecule has 1 amide bonds. The molecule has 0 saturated heterocycles. The number of fused-ring (bicyclic) bond motifs is 1. The maximum Gasteiger partial charge on any atom is 0.414 e. The van der Waals surface area contributed by atoms with Gasteiger partial charge in [-0.3, -0.25) is 9.88 Å². The number of hydrogen-bond donors (Lipinski definition) is 2. The van der Waals surface area contributed by atoms with E-state index in [1.54, 1.807) is 49.5 Å². The van der Waals surface area contributed by atoms with Crippen LogP contribution in [0.1, 0.15) is 29.9 Å². The van der Waals surface area contributed by atoms with Crippen molar-refractivity contribution < 1.29 is 18.3 Å². The fraction of sp³-hybridized carbons (Fsp3) is 0.154. The monoisotopic (exact) mass is 531 g/mol. The minimum absolute atomic E-state index is 0.0103. The lowest BCUT2D eigenvalue weighted by atomic mass is 10.1. The molecule has 198 valence electrons. The third-order valence-electron chi connectivity index (χ3n) is 6.10. The van der Waals surface area contributed by atoms with Crippen LogP contribution in [0.4, 0.5) is 30.9 Å². The Kier molecular flexibility index (Phi) is 6.71. The van der Waals surface area contributed by atoms with Gasteiger partial charge in [0.05, 0.1) is 36.3 Å². The van der Waals surface area contributed by atoms with Crippen LogP contribution in [0.5, 0.6) is 0 Å². The molecule has 0 aliphatic carbocycles. The van der Waals surface area contributed by atoms with E-state index in [1.807, 2.05) is 0 Å². The van der Waals surface area contributed by atoms with Crippen molar-refractivity contribution in [2.75, 3.05) is 23.5 Å². The van der Waals surface area contributed by atoms with Gasteiger partial charge < -0.3 is 16.2 Å². The van der Waals surface area contributed by atoms with E-state index in [2.05, 4.69) is 25.0 Å². The summed E-state index contributed by atoms with van der Waals surface area (Å²) < 4.78 is 34.8.